The molecule has 1 N–H and O–H groups in total. The van der Waals surface area contributed by atoms with Crippen molar-refractivity contribution in [1.29, 1.82) is 0 Å². The van der Waals surface area contributed by atoms with Crippen LogP contribution in [0.1, 0.15) is 31.7 Å². The fourth-order valence-electron chi connectivity index (χ4n) is 4.22. The zero-order valence-corrected chi connectivity index (χ0v) is 20.7. The van der Waals surface area contributed by atoms with Gasteiger partial charge in [-0.15, -0.1) is 0 Å². The average Bonchev–Trinajstić information content (AvgIpc) is 3.22. The molecule has 35 heavy (non-hydrogen) atoms. The Labute approximate surface area is 207 Å². The van der Waals surface area contributed by atoms with Gasteiger partial charge in [0.2, 0.25) is 5.91 Å². The predicted octanol–water partition coefficient (Wildman–Crippen LogP) is 5.91. The lowest BCUT2D eigenvalue weighted by molar-refractivity contribution is -0.115. The standard InChI is InChI=1S/C29H33N3O3/c1-4-32(5-2)16-7-17-35-24-13-11-23(12-14-24)30-20-27-26-15-10-22(19-28(26)31-29(27)33)21-8-6-9-25(18-21)34-3/h6,8-15,18-20,27H,4-5,7,16-17H2,1-3H3,(H,31,33). The van der Waals surface area contributed by atoms with Crippen molar-refractivity contribution in [1.82, 2.24) is 4.90 Å². The van der Waals surface area contributed by atoms with E-state index in [1.54, 1.807) is 13.3 Å². The third-order valence-corrected chi connectivity index (χ3v) is 6.32. The van der Waals surface area contributed by atoms with Gasteiger partial charge in [-0.2, -0.15) is 0 Å². The maximum Gasteiger partial charge on any atom is 0.237 e. The summed E-state index contributed by atoms with van der Waals surface area (Å²) in [6.45, 7) is 8.22. The largest absolute Gasteiger partial charge is 0.497 e. The van der Waals surface area contributed by atoms with Crippen molar-refractivity contribution in [3.05, 3.63) is 72.3 Å². The van der Waals surface area contributed by atoms with Crippen LogP contribution in [0, 0.1) is 0 Å². The van der Waals surface area contributed by atoms with E-state index in [0.717, 1.165) is 65.6 Å². The summed E-state index contributed by atoms with van der Waals surface area (Å²) in [5, 5.41) is 2.99. The van der Waals surface area contributed by atoms with Crippen LogP contribution < -0.4 is 14.8 Å². The molecular weight excluding hydrogens is 438 g/mol. The zero-order valence-electron chi connectivity index (χ0n) is 20.7. The first-order valence-electron chi connectivity index (χ1n) is 12.2. The Bertz CT molecular complexity index is 1170. The maximum atomic E-state index is 12.6. The highest BCUT2D eigenvalue weighted by molar-refractivity contribution is 6.13. The van der Waals surface area contributed by atoms with E-state index in [-0.39, 0.29) is 5.91 Å². The Morgan fingerprint density at radius 1 is 0.971 bits per heavy atom. The number of amides is 1. The van der Waals surface area contributed by atoms with Crippen molar-refractivity contribution >= 4 is 23.5 Å². The van der Waals surface area contributed by atoms with Crippen LogP contribution in [-0.2, 0) is 4.79 Å². The van der Waals surface area contributed by atoms with E-state index in [2.05, 4.69) is 29.1 Å². The minimum atomic E-state index is -0.416. The number of carbonyl (C=O) groups is 1. The summed E-state index contributed by atoms with van der Waals surface area (Å²) < 4.78 is 11.2. The number of fused-ring (bicyclic) bond motifs is 1. The minimum absolute atomic E-state index is 0.0697. The highest BCUT2D eigenvalue weighted by Gasteiger charge is 2.29. The lowest BCUT2D eigenvalue weighted by atomic mass is 9.97. The first-order valence-corrected chi connectivity index (χ1v) is 12.2. The van der Waals surface area contributed by atoms with Gasteiger partial charge in [0.05, 0.1) is 19.4 Å². The third kappa shape index (κ3) is 6.08. The molecule has 3 aromatic rings. The first-order chi connectivity index (χ1) is 17.1. The smallest absolute Gasteiger partial charge is 0.237 e. The van der Waals surface area contributed by atoms with Crippen LogP contribution in [0.15, 0.2) is 71.7 Å². The van der Waals surface area contributed by atoms with Crippen molar-refractivity contribution in [3.8, 4) is 22.6 Å². The van der Waals surface area contributed by atoms with Crippen molar-refractivity contribution in [2.24, 2.45) is 4.99 Å². The number of methoxy groups -OCH3 is 1. The van der Waals surface area contributed by atoms with Gasteiger partial charge < -0.3 is 19.7 Å². The van der Waals surface area contributed by atoms with Gasteiger partial charge >= 0.3 is 0 Å². The second-order valence-corrected chi connectivity index (χ2v) is 8.50. The number of nitrogens with one attached hydrogen (secondary N) is 1. The van der Waals surface area contributed by atoms with E-state index in [1.165, 1.54) is 0 Å². The van der Waals surface area contributed by atoms with Gasteiger partial charge in [0.1, 0.15) is 17.4 Å². The zero-order chi connectivity index (χ0) is 24.6. The van der Waals surface area contributed by atoms with Crippen molar-refractivity contribution in [3.63, 3.8) is 0 Å². The number of ether oxygens (including phenoxy) is 2. The molecule has 3 aromatic carbocycles. The monoisotopic (exact) mass is 471 g/mol. The van der Waals surface area contributed by atoms with Gasteiger partial charge in [-0.05, 0) is 78.7 Å². The number of hydrogen-bond donors (Lipinski definition) is 1. The van der Waals surface area contributed by atoms with Crippen LogP contribution in [0.4, 0.5) is 11.4 Å². The summed E-state index contributed by atoms with van der Waals surface area (Å²) in [6.07, 6.45) is 2.71. The Morgan fingerprint density at radius 3 is 2.49 bits per heavy atom. The topological polar surface area (TPSA) is 63.2 Å². The number of aliphatic imine (C=N–C) groups is 1. The van der Waals surface area contributed by atoms with E-state index in [4.69, 9.17) is 9.47 Å². The van der Waals surface area contributed by atoms with Crippen molar-refractivity contribution in [2.75, 3.05) is 38.7 Å². The molecular formula is C29H33N3O3. The second-order valence-electron chi connectivity index (χ2n) is 8.50. The molecule has 0 aromatic heterocycles. The van der Waals surface area contributed by atoms with Crippen LogP contribution >= 0.6 is 0 Å². The van der Waals surface area contributed by atoms with E-state index in [9.17, 15) is 4.79 Å². The Morgan fingerprint density at radius 2 is 1.74 bits per heavy atom. The SMILES string of the molecule is CCN(CC)CCCOc1ccc(N=CC2C(=O)Nc3cc(-c4cccc(OC)c4)ccc32)cc1. The summed E-state index contributed by atoms with van der Waals surface area (Å²) in [4.78, 5) is 19.6. The third-order valence-electron chi connectivity index (χ3n) is 6.32. The Balaban J connectivity index is 1.38. The Hall–Kier alpha value is -3.64. The minimum Gasteiger partial charge on any atom is -0.497 e. The van der Waals surface area contributed by atoms with Crippen LogP contribution in [-0.4, -0.2) is 50.4 Å². The van der Waals surface area contributed by atoms with Crippen molar-refractivity contribution in [2.45, 2.75) is 26.2 Å². The molecule has 0 spiro atoms. The van der Waals surface area contributed by atoms with Crippen LogP contribution in [0.25, 0.3) is 11.1 Å². The van der Waals surface area contributed by atoms with Crippen LogP contribution in [0.2, 0.25) is 0 Å². The van der Waals surface area contributed by atoms with E-state index in [0.29, 0.717) is 6.61 Å². The molecule has 1 unspecified atom stereocenters. The molecule has 1 amide bonds. The van der Waals surface area contributed by atoms with E-state index < -0.39 is 5.92 Å². The number of carbonyl (C=O) groups excluding carboxylic acids is 1. The molecule has 0 saturated heterocycles. The molecule has 0 aliphatic carbocycles. The molecule has 182 valence electrons. The first kappa shape index (κ1) is 24.5. The number of nitrogens with zero attached hydrogens (tertiary/aromatic N) is 2. The molecule has 6 nitrogen and oxygen atoms in total. The molecule has 1 heterocycles. The molecule has 4 rings (SSSR count). The van der Waals surface area contributed by atoms with Crippen LogP contribution in [0.3, 0.4) is 0 Å². The summed E-state index contributed by atoms with van der Waals surface area (Å²) in [5.41, 5.74) is 4.59. The van der Waals surface area contributed by atoms with Gasteiger partial charge in [0.25, 0.3) is 0 Å². The quantitative estimate of drug-likeness (QED) is 0.279. The molecule has 0 bridgehead atoms. The fraction of sp³-hybridized carbons (Fsp3) is 0.310. The number of hydrogen-bond acceptors (Lipinski definition) is 5. The highest BCUT2D eigenvalue weighted by Crippen LogP contribution is 2.36. The number of rotatable bonds is 11. The molecule has 6 heteroatoms. The molecule has 0 fully saturated rings. The lowest BCUT2D eigenvalue weighted by Gasteiger charge is -2.17. The average molecular weight is 472 g/mol. The van der Waals surface area contributed by atoms with Gasteiger partial charge in [-0.3, -0.25) is 9.79 Å². The maximum absolute atomic E-state index is 12.6. The second kappa shape index (κ2) is 11.7. The highest BCUT2D eigenvalue weighted by atomic mass is 16.5. The molecule has 1 aliphatic heterocycles. The molecule has 1 aliphatic rings. The van der Waals surface area contributed by atoms with Gasteiger partial charge in [-0.1, -0.05) is 38.1 Å². The van der Waals surface area contributed by atoms with E-state index >= 15 is 0 Å². The Kier molecular flexibility index (Phi) is 8.16. The summed E-state index contributed by atoms with van der Waals surface area (Å²) in [5.74, 6) is 1.14. The lowest BCUT2D eigenvalue weighted by Crippen LogP contribution is -2.25. The van der Waals surface area contributed by atoms with E-state index in [1.807, 2.05) is 66.7 Å². The molecule has 1 atom stereocenters. The fourth-order valence-corrected chi connectivity index (χ4v) is 4.22. The normalized spacial score (nSPS) is 14.9. The van der Waals surface area contributed by atoms with Crippen molar-refractivity contribution < 1.29 is 14.3 Å². The van der Waals surface area contributed by atoms with Gasteiger partial charge in [0, 0.05) is 18.4 Å². The summed E-state index contributed by atoms with van der Waals surface area (Å²) in [7, 11) is 1.65. The molecule has 0 radical (unpaired) electrons. The van der Waals surface area contributed by atoms with Crippen LogP contribution in [0.5, 0.6) is 11.5 Å². The summed E-state index contributed by atoms with van der Waals surface area (Å²) >= 11 is 0. The predicted molar refractivity (Wildman–Crippen MR) is 142 cm³/mol. The number of anilines is 1. The number of benzene rings is 3. The summed E-state index contributed by atoms with van der Waals surface area (Å²) in [6, 6.07) is 21.6. The van der Waals surface area contributed by atoms with Gasteiger partial charge in [0.15, 0.2) is 0 Å². The van der Waals surface area contributed by atoms with Gasteiger partial charge in [-0.25, -0.2) is 0 Å². The molecule has 0 saturated carbocycles.